The Morgan fingerprint density at radius 1 is 0.833 bits per heavy atom. The van der Waals surface area contributed by atoms with Gasteiger partial charge in [0.15, 0.2) is 5.82 Å². The molecule has 1 aromatic heterocycles. The van der Waals surface area contributed by atoms with E-state index < -0.39 is 58.8 Å². The van der Waals surface area contributed by atoms with Crippen molar-refractivity contribution in [2.45, 2.75) is 62.9 Å². The highest BCUT2D eigenvalue weighted by molar-refractivity contribution is 6.23. The number of benzene rings is 2. The summed E-state index contributed by atoms with van der Waals surface area (Å²) in [5.74, 6) is -2.72. The summed E-state index contributed by atoms with van der Waals surface area (Å²) in [5.41, 5.74) is -0.943. The average molecular weight is 833 g/mol. The topological polar surface area (TPSA) is 184 Å². The van der Waals surface area contributed by atoms with Gasteiger partial charge in [-0.2, -0.15) is 18.4 Å². The quantitative estimate of drug-likeness (QED) is 0.260. The minimum atomic E-state index is -4.66. The lowest BCUT2D eigenvalue weighted by atomic mass is 9.98. The molecule has 314 valence electrons. The number of piperazine rings is 1. The van der Waals surface area contributed by atoms with Crippen LogP contribution in [0.5, 0.6) is 5.88 Å². The number of urea groups is 1. The molecule has 4 saturated heterocycles. The van der Waals surface area contributed by atoms with Gasteiger partial charge in [-0.25, -0.2) is 9.18 Å². The number of nitriles is 1. The predicted octanol–water partition coefficient (Wildman–Crippen LogP) is 3.77. The second-order valence-corrected chi connectivity index (χ2v) is 15.4. The number of imide groups is 2. The van der Waals surface area contributed by atoms with Crippen LogP contribution in [0, 0.1) is 17.1 Å². The zero-order valence-corrected chi connectivity index (χ0v) is 32.2. The van der Waals surface area contributed by atoms with E-state index in [1.165, 1.54) is 17.0 Å². The second kappa shape index (κ2) is 16.4. The van der Waals surface area contributed by atoms with Gasteiger partial charge < -0.3 is 19.4 Å². The normalized spacial score (nSPS) is 20.9. The Kier molecular flexibility index (Phi) is 11.0. The fraction of sp³-hybridized carbons (Fsp3) is 0.450. The molecule has 8 rings (SSSR count). The highest BCUT2D eigenvalue weighted by Crippen LogP contribution is 2.36. The number of aromatic nitrogens is 2. The molecule has 1 atom stereocenters. The van der Waals surface area contributed by atoms with Gasteiger partial charge in [-0.3, -0.25) is 39.6 Å². The number of amides is 6. The fourth-order valence-electron chi connectivity index (χ4n) is 8.59. The first-order valence-corrected chi connectivity index (χ1v) is 19.7. The van der Waals surface area contributed by atoms with Gasteiger partial charge in [-0.05, 0) is 68.5 Å². The Hall–Kier alpha value is -6.36. The number of fused-ring (bicyclic) bond motifs is 1. The molecule has 0 aliphatic carbocycles. The SMILES string of the molecule is N#Cc1ccc(N2CCN(C(=O)Nc3ccc(OC4CCN(C5CCN(c6cc7c(cc6F)C(=O)N(C6CCC(=O)NC6=O)C7=O)CC5)CC4)nn3)CC2)cc1C(F)(F)F. The summed E-state index contributed by atoms with van der Waals surface area (Å²) in [6.45, 7) is 3.73. The number of likely N-dealkylation sites (tertiary alicyclic amines) is 1. The van der Waals surface area contributed by atoms with E-state index >= 15 is 4.39 Å². The maximum Gasteiger partial charge on any atom is 0.417 e. The highest BCUT2D eigenvalue weighted by Gasteiger charge is 2.45. The number of hydrogen-bond acceptors (Lipinski definition) is 12. The number of piperidine rings is 3. The molecule has 0 saturated carbocycles. The molecular formula is C40H40F4N10O6. The molecular weight excluding hydrogens is 792 g/mol. The van der Waals surface area contributed by atoms with E-state index in [4.69, 9.17) is 10.00 Å². The van der Waals surface area contributed by atoms with Crippen LogP contribution in [0.15, 0.2) is 42.5 Å². The van der Waals surface area contributed by atoms with Crippen LogP contribution in [0.1, 0.15) is 70.4 Å². The highest BCUT2D eigenvalue weighted by atomic mass is 19.4. The van der Waals surface area contributed by atoms with Crippen molar-refractivity contribution in [3.05, 3.63) is 70.5 Å². The van der Waals surface area contributed by atoms with Crippen LogP contribution in [0.3, 0.4) is 0 Å². The molecule has 5 aliphatic heterocycles. The largest absolute Gasteiger partial charge is 0.473 e. The molecule has 2 N–H and O–H groups in total. The number of hydrogen-bond donors (Lipinski definition) is 2. The second-order valence-electron chi connectivity index (χ2n) is 15.4. The van der Waals surface area contributed by atoms with Crippen LogP contribution in [0.4, 0.5) is 39.5 Å². The third-order valence-corrected chi connectivity index (χ3v) is 11.8. The van der Waals surface area contributed by atoms with Crippen molar-refractivity contribution in [2.75, 3.05) is 67.5 Å². The number of nitrogens with zero attached hydrogens (tertiary/aromatic N) is 8. The Labute approximate surface area is 341 Å². The maximum absolute atomic E-state index is 15.4. The summed E-state index contributed by atoms with van der Waals surface area (Å²) in [6, 6.07) is 9.55. The summed E-state index contributed by atoms with van der Waals surface area (Å²) in [7, 11) is 0. The molecule has 0 bridgehead atoms. The zero-order chi connectivity index (χ0) is 42.3. The van der Waals surface area contributed by atoms with E-state index in [0.717, 1.165) is 61.9 Å². The Bertz CT molecular complexity index is 2250. The van der Waals surface area contributed by atoms with E-state index in [1.54, 1.807) is 23.1 Å². The third-order valence-electron chi connectivity index (χ3n) is 11.8. The van der Waals surface area contributed by atoms with Gasteiger partial charge in [0.2, 0.25) is 17.7 Å². The smallest absolute Gasteiger partial charge is 0.417 e. The molecule has 20 heteroatoms. The van der Waals surface area contributed by atoms with Crippen LogP contribution < -0.4 is 25.2 Å². The summed E-state index contributed by atoms with van der Waals surface area (Å²) in [5, 5.41) is 22.2. The molecule has 6 heterocycles. The monoisotopic (exact) mass is 832 g/mol. The maximum atomic E-state index is 15.4. The lowest BCUT2D eigenvalue weighted by Crippen LogP contribution is -2.54. The Morgan fingerprint density at radius 3 is 2.17 bits per heavy atom. The Morgan fingerprint density at radius 2 is 1.53 bits per heavy atom. The number of rotatable bonds is 7. The van der Waals surface area contributed by atoms with Gasteiger partial charge >= 0.3 is 12.2 Å². The number of carbonyl (C=O) groups is 5. The first kappa shape index (κ1) is 40.4. The lowest BCUT2D eigenvalue weighted by Gasteiger charge is -2.42. The van der Waals surface area contributed by atoms with Gasteiger partial charge in [0.25, 0.3) is 11.8 Å². The number of alkyl halides is 3. The molecule has 0 radical (unpaired) electrons. The van der Waals surface area contributed by atoms with Crippen molar-refractivity contribution in [3.63, 3.8) is 0 Å². The number of anilines is 3. The minimum absolute atomic E-state index is 0.00642. The number of carbonyl (C=O) groups excluding carboxylic acids is 5. The van der Waals surface area contributed by atoms with Crippen LogP contribution in [0.2, 0.25) is 0 Å². The van der Waals surface area contributed by atoms with Crippen molar-refractivity contribution in [1.29, 1.82) is 5.26 Å². The number of halogens is 4. The van der Waals surface area contributed by atoms with Crippen LogP contribution in [-0.4, -0.2) is 125 Å². The lowest BCUT2D eigenvalue weighted by molar-refractivity contribution is -0.138. The summed E-state index contributed by atoms with van der Waals surface area (Å²) < 4.78 is 61.9. The van der Waals surface area contributed by atoms with Gasteiger partial charge in [-0.15, -0.1) is 10.2 Å². The van der Waals surface area contributed by atoms with E-state index in [2.05, 4.69) is 25.7 Å². The van der Waals surface area contributed by atoms with E-state index in [9.17, 15) is 37.1 Å². The van der Waals surface area contributed by atoms with Gasteiger partial charge in [-0.1, -0.05) is 0 Å². The minimum Gasteiger partial charge on any atom is -0.473 e. The van der Waals surface area contributed by atoms with Crippen molar-refractivity contribution in [3.8, 4) is 11.9 Å². The summed E-state index contributed by atoms with van der Waals surface area (Å²) in [6.07, 6.45) is -1.76. The third kappa shape index (κ3) is 8.13. The summed E-state index contributed by atoms with van der Waals surface area (Å²) in [4.78, 5) is 71.7. The molecule has 0 spiro atoms. The fourth-order valence-corrected chi connectivity index (χ4v) is 8.59. The summed E-state index contributed by atoms with van der Waals surface area (Å²) >= 11 is 0. The molecule has 6 amide bonds. The van der Waals surface area contributed by atoms with Gasteiger partial charge in [0, 0.05) is 76.6 Å². The van der Waals surface area contributed by atoms with E-state index in [-0.39, 0.29) is 60.7 Å². The molecule has 2 aromatic carbocycles. The molecule has 4 fully saturated rings. The average Bonchev–Trinajstić information content (AvgIpc) is 3.48. The zero-order valence-electron chi connectivity index (χ0n) is 32.2. The number of ether oxygens (including phenoxy) is 1. The predicted molar refractivity (Wildman–Crippen MR) is 205 cm³/mol. The number of nitrogens with one attached hydrogen (secondary N) is 2. The van der Waals surface area contributed by atoms with E-state index in [0.29, 0.717) is 37.7 Å². The van der Waals surface area contributed by atoms with Crippen molar-refractivity contribution in [2.24, 2.45) is 0 Å². The van der Waals surface area contributed by atoms with Crippen LogP contribution in [-0.2, 0) is 15.8 Å². The standard InChI is InChI=1S/C40H40F4N10O6/c41-30-20-27-28(38(58)54(37(27)57)31-3-5-34(55)47-36(31)56)21-32(30)52-11-7-24(8-12-52)50-13-9-26(10-14-50)60-35-6-4-33(48-49-35)46-39(59)53-17-15-51(16-18-53)25-2-1-23(22-45)29(19-25)40(42,43)44/h1-2,4,6,19-21,24,26,31H,3,5,7-18H2,(H,46,48,59)(H,47,55,56). The van der Waals surface area contributed by atoms with Crippen LogP contribution in [0.25, 0.3) is 0 Å². The van der Waals surface area contributed by atoms with Crippen molar-refractivity contribution < 1.29 is 46.3 Å². The first-order valence-electron chi connectivity index (χ1n) is 19.7. The first-order chi connectivity index (χ1) is 28.8. The van der Waals surface area contributed by atoms with Crippen LogP contribution >= 0.6 is 0 Å². The Balaban J connectivity index is 0.773. The molecule has 5 aliphatic rings. The van der Waals surface area contributed by atoms with Crippen molar-refractivity contribution in [1.82, 2.24) is 30.2 Å². The molecule has 1 unspecified atom stereocenters. The molecule has 3 aromatic rings. The van der Waals surface area contributed by atoms with Gasteiger partial charge in [0.1, 0.15) is 18.0 Å². The van der Waals surface area contributed by atoms with Crippen molar-refractivity contribution >= 4 is 46.9 Å². The van der Waals surface area contributed by atoms with E-state index in [1.807, 2.05) is 4.90 Å². The van der Waals surface area contributed by atoms with Gasteiger partial charge in [0.05, 0.1) is 34.0 Å². The molecule has 60 heavy (non-hydrogen) atoms. The molecule has 16 nitrogen and oxygen atoms in total.